The van der Waals surface area contributed by atoms with Gasteiger partial charge in [-0.25, -0.2) is 4.79 Å². The Bertz CT molecular complexity index is 246. The third-order valence-electron chi connectivity index (χ3n) is 2.60. The summed E-state index contributed by atoms with van der Waals surface area (Å²) in [5.41, 5.74) is 1.36. The highest BCUT2D eigenvalue weighted by molar-refractivity contribution is 5.80. The molecule has 0 rings (SSSR count). The van der Waals surface area contributed by atoms with Gasteiger partial charge in [0.1, 0.15) is 0 Å². The van der Waals surface area contributed by atoms with E-state index in [0.717, 1.165) is 24.3 Å². The van der Waals surface area contributed by atoms with Crippen LogP contribution in [-0.4, -0.2) is 11.1 Å². The van der Waals surface area contributed by atoms with Crippen molar-refractivity contribution in [2.45, 2.75) is 60.3 Å². The fourth-order valence-electron chi connectivity index (χ4n) is 2.16. The van der Waals surface area contributed by atoms with Crippen LogP contribution in [0.15, 0.2) is 11.6 Å². The van der Waals surface area contributed by atoms with Gasteiger partial charge in [-0.1, -0.05) is 39.7 Å². The molecule has 0 amide bonds. The van der Waals surface area contributed by atoms with Crippen molar-refractivity contribution in [1.29, 1.82) is 0 Å². The van der Waals surface area contributed by atoms with E-state index in [1.54, 1.807) is 0 Å². The van der Waals surface area contributed by atoms with Crippen LogP contribution in [0.1, 0.15) is 60.3 Å². The molecule has 16 heavy (non-hydrogen) atoms. The Balaban J connectivity index is 3.78. The molecule has 0 aromatic heterocycles. The van der Waals surface area contributed by atoms with Crippen molar-refractivity contribution in [3.63, 3.8) is 0 Å². The van der Waals surface area contributed by atoms with Gasteiger partial charge in [-0.05, 0) is 37.5 Å². The minimum Gasteiger partial charge on any atom is -0.478 e. The molecule has 2 nitrogen and oxygen atoms in total. The molecule has 1 N–H and O–H groups in total. The zero-order chi connectivity index (χ0) is 12.8. The Morgan fingerprint density at radius 2 is 1.94 bits per heavy atom. The molecular formula is C14H26O2. The summed E-state index contributed by atoms with van der Waals surface area (Å²) in [4.78, 5) is 10.4. The van der Waals surface area contributed by atoms with Gasteiger partial charge in [-0.3, -0.25) is 0 Å². The molecule has 0 aliphatic rings. The Morgan fingerprint density at radius 3 is 2.38 bits per heavy atom. The van der Waals surface area contributed by atoms with Crippen molar-refractivity contribution in [2.75, 3.05) is 0 Å². The maximum Gasteiger partial charge on any atom is 0.328 e. The molecule has 0 radical (unpaired) electrons. The summed E-state index contributed by atoms with van der Waals surface area (Å²) >= 11 is 0. The summed E-state index contributed by atoms with van der Waals surface area (Å²) in [5, 5.41) is 8.57. The van der Waals surface area contributed by atoms with E-state index in [9.17, 15) is 4.79 Å². The normalized spacial score (nSPS) is 14.9. The van der Waals surface area contributed by atoms with Crippen LogP contribution >= 0.6 is 0 Å². The van der Waals surface area contributed by atoms with E-state index in [-0.39, 0.29) is 0 Å². The zero-order valence-corrected chi connectivity index (χ0v) is 11.3. The van der Waals surface area contributed by atoms with E-state index >= 15 is 0 Å². The number of allylic oxidation sites excluding steroid dienone is 1. The number of hydrogen-bond acceptors (Lipinski definition) is 1. The van der Waals surface area contributed by atoms with Crippen LogP contribution < -0.4 is 0 Å². The van der Waals surface area contributed by atoms with Gasteiger partial charge in [0, 0.05) is 6.08 Å². The Hall–Kier alpha value is -0.790. The predicted octanol–water partition coefficient (Wildman–Crippen LogP) is 4.26. The highest BCUT2D eigenvalue weighted by atomic mass is 16.4. The lowest BCUT2D eigenvalue weighted by Gasteiger charge is -2.23. The molecule has 0 saturated carbocycles. The molecule has 0 aliphatic heterocycles. The van der Waals surface area contributed by atoms with Crippen LogP contribution in [0, 0.1) is 11.3 Å². The maximum absolute atomic E-state index is 10.4. The van der Waals surface area contributed by atoms with Crippen LogP contribution in [0.2, 0.25) is 0 Å². The van der Waals surface area contributed by atoms with Gasteiger partial charge < -0.3 is 5.11 Å². The van der Waals surface area contributed by atoms with E-state index < -0.39 is 5.97 Å². The number of hydrogen-bond donors (Lipinski definition) is 1. The van der Waals surface area contributed by atoms with Crippen molar-refractivity contribution < 1.29 is 9.90 Å². The van der Waals surface area contributed by atoms with Gasteiger partial charge in [-0.15, -0.1) is 0 Å². The fraction of sp³-hybridized carbons (Fsp3) is 0.786. The molecule has 0 aromatic carbocycles. The molecule has 0 bridgehead atoms. The zero-order valence-electron chi connectivity index (χ0n) is 11.3. The lowest BCUT2D eigenvalue weighted by atomic mass is 9.83. The predicted molar refractivity (Wildman–Crippen MR) is 68.5 cm³/mol. The number of rotatable bonds is 6. The van der Waals surface area contributed by atoms with Gasteiger partial charge >= 0.3 is 5.97 Å². The van der Waals surface area contributed by atoms with Gasteiger partial charge in [0.05, 0.1) is 0 Å². The molecule has 2 heteroatoms. The third kappa shape index (κ3) is 9.75. The number of carbonyl (C=O) groups is 1. The third-order valence-corrected chi connectivity index (χ3v) is 2.60. The first kappa shape index (κ1) is 15.2. The Labute approximate surface area is 99.7 Å². The molecule has 0 saturated heterocycles. The molecule has 94 valence electrons. The number of carboxylic acids is 1. The first-order chi connectivity index (χ1) is 7.20. The summed E-state index contributed by atoms with van der Waals surface area (Å²) in [7, 11) is 0. The minimum atomic E-state index is -0.833. The highest BCUT2D eigenvalue weighted by Gasteiger charge is 2.14. The van der Waals surface area contributed by atoms with Crippen LogP contribution in [0.4, 0.5) is 0 Å². The molecule has 0 spiro atoms. The number of carboxylic acid groups (broad SMARTS) is 1. The Kier molecular flexibility index (Phi) is 6.39. The average Bonchev–Trinajstić information content (AvgIpc) is 1.98. The maximum atomic E-state index is 10.4. The van der Waals surface area contributed by atoms with Gasteiger partial charge in [0.2, 0.25) is 0 Å². The van der Waals surface area contributed by atoms with Crippen molar-refractivity contribution >= 4 is 5.97 Å². The van der Waals surface area contributed by atoms with E-state index in [0.29, 0.717) is 5.41 Å². The SMILES string of the molecule is CC(=CC(=O)O)CCCC(C)CC(C)(C)C. The molecule has 1 atom stereocenters. The van der Waals surface area contributed by atoms with E-state index in [1.807, 2.05) is 6.92 Å². The van der Waals surface area contributed by atoms with Crippen molar-refractivity contribution in [1.82, 2.24) is 0 Å². The minimum absolute atomic E-state index is 0.394. The summed E-state index contributed by atoms with van der Waals surface area (Å²) in [6.45, 7) is 11.0. The first-order valence-electron chi connectivity index (χ1n) is 6.11. The lowest BCUT2D eigenvalue weighted by Crippen LogP contribution is -2.10. The van der Waals surface area contributed by atoms with Crippen LogP contribution in [-0.2, 0) is 4.79 Å². The topological polar surface area (TPSA) is 37.3 Å². The standard InChI is InChI=1S/C14H26O2/c1-11(9-13(15)16)7-6-8-12(2)10-14(3,4)5/h9,12H,6-8,10H2,1-5H3,(H,15,16). The molecular weight excluding hydrogens is 200 g/mol. The van der Waals surface area contributed by atoms with Crippen LogP contribution in [0.25, 0.3) is 0 Å². The summed E-state index contributed by atoms with van der Waals surface area (Å²) < 4.78 is 0. The summed E-state index contributed by atoms with van der Waals surface area (Å²) in [5.74, 6) is -0.113. The smallest absolute Gasteiger partial charge is 0.328 e. The van der Waals surface area contributed by atoms with E-state index in [2.05, 4.69) is 27.7 Å². The second-order valence-electron chi connectivity index (χ2n) is 6.09. The van der Waals surface area contributed by atoms with Crippen molar-refractivity contribution in [3.8, 4) is 0 Å². The largest absolute Gasteiger partial charge is 0.478 e. The molecule has 0 aromatic rings. The summed E-state index contributed by atoms with van der Waals surface area (Å²) in [6.07, 6.45) is 5.72. The average molecular weight is 226 g/mol. The first-order valence-corrected chi connectivity index (χ1v) is 6.11. The monoisotopic (exact) mass is 226 g/mol. The molecule has 0 aliphatic carbocycles. The van der Waals surface area contributed by atoms with Crippen LogP contribution in [0.5, 0.6) is 0 Å². The lowest BCUT2D eigenvalue weighted by molar-refractivity contribution is -0.131. The van der Waals surface area contributed by atoms with Crippen molar-refractivity contribution in [3.05, 3.63) is 11.6 Å². The highest BCUT2D eigenvalue weighted by Crippen LogP contribution is 2.27. The van der Waals surface area contributed by atoms with Crippen molar-refractivity contribution in [2.24, 2.45) is 11.3 Å². The molecule has 0 heterocycles. The van der Waals surface area contributed by atoms with E-state index in [4.69, 9.17) is 5.11 Å². The number of aliphatic carboxylic acids is 1. The van der Waals surface area contributed by atoms with E-state index in [1.165, 1.54) is 18.9 Å². The second kappa shape index (κ2) is 6.72. The second-order valence-corrected chi connectivity index (χ2v) is 6.09. The Morgan fingerprint density at radius 1 is 1.38 bits per heavy atom. The van der Waals surface area contributed by atoms with Crippen LogP contribution in [0.3, 0.4) is 0 Å². The molecule has 1 unspecified atom stereocenters. The summed E-state index contributed by atoms with van der Waals surface area (Å²) in [6, 6.07) is 0. The van der Waals surface area contributed by atoms with Gasteiger partial charge in [0.25, 0.3) is 0 Å². The fourth-order valence-corrected chi connectivity index (χ4v) is 2.16. The van der Waals surface area contributed by atoms with Gasteiger partial charge in [-0.2, -0.15) is 0 Å². The quantitative estimate of drug-likeness (QED) is 0.687. The van der Waals surface area contributed by atoms with Gasteiger partial charge in [0.15, 0.2) is 0 Å². The molecule has 0 fully saturated rings.